The number of aromatic nitrogens is 5. The predicted molar refractivity (Wildman–Crippen MR) is 169 cm³/mol. The zero-order chi connectivity index (χ0) is 31.1. The minimum atomic E-state index is -0.612. The molecule has 1 fully saturated rings. The number of aliphatic hydroxyl groups excluding tert-OH is 2. The lowest BCUT2D eigenvalue weighted by molar-refractivity contribution is -0.135. The van der Waals surface area contributed by atoms with E-state index in [1.165, 1.54) is 13.3 Å². The van der Waals surface area contributed by atoms with E-state index in [-0.39, 0.29) is 17.8 Å². The normalized spacial score (nSPS) is 17.7. The third kappa shape index (κ3) is 5.23. The van der Waals surface area contributed by atoms with E-state index in [0.717, 1.165) is 45.0 Å². The van der Waals surface area contributed by atoms with Crippen LogP contribution in [0.3, 0.4) is 0 Å². The number of allylic oxidation sites excluding steroid dienone is 1. The summed E-state index contributed by atoms with van der Waals surface area (Å²) >= 11 is 0. The van der Waals surface area contributed by atoms with Crippen molar-refractivity contribution in [2.75, 3.05) is 23.3 Å². The maximum Gasteiger partial charge on any atom is 0.292 e. The van der Waals surface area contributed by atoms with E-state index in [1.54, 1.807) is 15.7 Å². The molecule has 0 saturated carbocycles. The number of amides is 1. The lowest BCUT2D eigenvalue weighted by Gasteiger charge is -2.46. The fraction of sp³-hybridized carbons (Fsp3) is 0.312. The first kappa shape index (κ1) is 28.8. The lowest BCUT2D eigenvalue weighted by Crippen LogP contribution is -2.60. The molecular weight excluding hydrogens is 560 g/mol. The van der Waals surface area contributed by atoms with Crippen molar-refractivity contribution in [3.05, 3.63) is 78.4 Å². The van der Waals surface area contributed by atoms with Gasteiger partial charge in [-0.25, -0.2) is 14.5 Å². The number of carbonyl (C=O) groups is 1. The Labute approximate surface area is 254 Å². The summed E-state index contributed by atoms with van der Waals surface area (Å²) in [6, 6.07) is 13.4. The van der Waals surface area contributed by atoms with E-state index >= 15 is 0 Å². The molecule has 0 aliphatic carbocycles. The molecule has 6 rings (SSSR count). The van der Waals surface area contributed by atoms with Crippen molar-refractivity contribution in [3.63, 3.8) is 0 Å². The molecule has 1 saturated heterocycles. The first-order valence-electron chi connectivity index (χ1n) is 14.6. The number of piperazine rings is 1. The first-order chi connectivity index (χ1) is 21.1. The number of carbonyl (C=O) groups excluding carboxylic acids is 1. The molecule has 2 unspecified atom stereocenters. The molecule has 5 aromatic rings. The second kappa shape index (κ2) is 11.4. The van der Waals surface area contributed by atoms with Gasteiger partial charge in [0, 0.05) is 50.2 Å². The molecule has 4 heterocycles. The highest BCUT2D eigenvalue weighted by atomic mass is 16.5. The average molecular weight is 597 g/mol. The Morgan fingerprint density at radius 1 is 1.11 bits per heavy atom. The van der Waals surface area contributed by atoms with E-state index in [4.69, 9.17) is 4.74 Å². The van der Waals surface area contributed by atoms with Crippen LogP contribution in [0.25, 0.3) is 16.6 Å². The van der Waals surface area contributed by atoms with Gasteiger partial charge in [0.2, 0.25) is 5.76 Å². The molecule has 1 amide bonds. The molecule has 12 nitrogen and oxygen atoms in total. The van der Waals surface area contributed by atoms with Gasteiger partial charge in [-0.2, -0.15) is 5.10 Å². The van der Waals surface area contributed by atoms with E-state index < -0.39 is 11.7 Å². The topological polar surface area (TPSA) is 133 Å². The molecule has 1 aliphatic heterocycles. The molecular formula is C32H36N8O4. The van der Waals surface area contributed by atoms with Crippen LogP contribution in [0.4, 0.5) is 17.2 Å². The van der Waals surface area contributed by atoms with Crippen LogP contribution in [-0.2, 0) is 11.8 Å². The Kier molecular flexibility index (Phi) is 7.50. The van der Waals surface area contributed by atoms with Gasteiger partial charge in [0.05, 0.1) is 23.0 Å². The second-order valence-corrected chi connectivity index (χ2v) is 11.3. The summed E-state index contributed by atoms with van der Waals surface area (Å²) in [6.45, 7) is 8.34. The molecule has 0 bridgehead atoms. The number of benzene rings is 2. The minimum Gasteiger partial charge on any atom is -0.509 e. The Morgan fingerprint density at radius 2 is 1.93 bits per heavy atom. The van der Waals surface area contributed by atoms with E-state index in [9.17, 15) is 15.0 Å². The molecule has 44 heavy (non-hydrogen) atoms. The average Bonchev–Trinajstić information content (AvgIpc) is 3.61. The van der Waals surface area contributed by atoms with Gasteiger partial charge < -0.3 is 34.6 Å². The zero-order valence-electron chi connectivity index (χ0n) is 25.4. The van der Waals surface area contributed by atoms with E-state index in [1.807, 2.05) is 81.0 Å². The van der Waals surface area contributed by atoms with Crippen molar-refractivity contribution in [3.8, 4) is 11.5 Å². The number of ether oxygens (including phenoxy) is 1. The Bertz CT molecular complexity index is 1890. The summed E-state index contributed by atoms with van der Waals surface area (Å²) in [5.41, 5.74) is 5.46. The number of aliphatic hydroxyl groups is 2. The third-order valence-electron chi connectivity index (χ3n) is 8.17. The van der Waals surface area contributed by atoms with Crippen molar-refractivity contribution in [1.82, 2.24) is 29.0 Å². The van der Waals surface area contributed by atoms with Gasteiger partial charge in [-0.3, -0.25) is 4.79 Å². The monoisotopic (exact) mass is 596 g/mol. The first-order valence-corrected chi connectivity index (χ1v) is 14.6. The van der Waals surface area contributed by atoms with Gasteiger partial charge in [0.1, 0.15) is 29.1 Å². The smallest absolute Gasteiger partial charge is 0.292 e. The Morgan fingerprint density at radius 3 is 2.68 bits per heavy atom. The third-order valence-corrected chi connectivity index (χ3v) is 8.17. The van der Waals surface area contributed by atoms with Crippen LogP contribution in [0.5, 0.6) is 11.5 Å². The standard InChI is InChI=1S/C32H36N8O4/c1-6-23-16-38(15-20(3)40(23)32(43)30(42)21(4)41)27-11-12-39-29(27)31(33-17-35-39)36-22-7-10-28(19(2)13-22)44-24-8-9-26-25(14-24)34-18-37(26)5/h7-14,17-18,20,23,41-42H,6,15-16H2,1-5H3,(H,33,35,36)/b30-21+. The lowest BCUT2D eigenvalue weighted by atomic mass is 10.0. The molecule has 1 aliphatic rings. The van der Waals surface area contributed by atoms with Crippen molar-refractivity contribution in [2.45, 2.75) is 46.2 Å². The molecule has 0 spiro atoms. The summed E-state index contributed by atoms with van der Waals surface area (Å²) in [5.74, 6) is 0.548. The number of nitrogens with zero attached hydrogens (tertiary/aromatic N) is 7. The summed E-state index contributed by atoms with van der Waals surface area (Å²) in [7, 11) is 1.96. The van der Waals surface area contributed by atoms with Crippen LogP contribution in [0.1, 0.15) is 32.8 Å². The summed E-state index contributed by atoms with van der Waals surface area (Å²) in [4.78, 5) is 25.9. The molecule has 3 N–H and O–H groups in total. The minimum absolute atomic E-state index is 0.169. The van der Waals surface area contributed by atoms with E-state index in [0.29, 0.717) is 25.3 Å². The number of hydrogen-bond acceptors (Lipinski definition) is 9. The van der Waals surface area contributed by atoms with Crippen molar-refractivity contribution < 1.29 is 19.7 Å². The molecule has 2 atom stereocenters. The fourth-order valence-electron chi connectivity index (χ4n) is 5.92. The summed E-state index contributed by atoms with van der Waals surface area (Å²) in [6.07, 6.45) is 5.87. The van der Waals surface area contributed by atoms with Crippen LogP contribution in [0.15, 0.2) is 72.8 Å². The second-order valence-electron chi connectivity index (χ2n) is 11.3. The number of imidazole rings is 1. The van der Waals surface area contributed by atoms with Gasteiger partial charge in [-0.15, -0.1) is 0 Å². The molecule has 3 aromatic heterocycles. The maximum atomic E-state index is 13.0. The van der Waals surface area contributed by atoms with Crippen LogP contribution in [0.2, 0.25) is 0 Å². The summed E-state index contributed by atoms with van der Waals surface area (Å²) in [5, 5.41) is 27.8. The zero-order valence-corrected chi connectivity index (χ0v) is 25.4. The van der Waals surface area contributed by atoms with Crippen LogP contribution in [0, 0.1) is 6.92 Å². The number of aryl methyl sites for hydroxylation is 2. The molecule has 0 radical (unpaired) electrons. The van der Waals surface area contributed by atoms with Gasteiger partial charge in [0.25, 0.3) is 5.91 Å². The highest BCUT2D eigenvalue weighted by molar-refractivity contribution is 5.92. The maximum absolute atomic E-state index is 13.0. The Balaban J connectivity index is 1.24. The van der Waals surface area contributed by atoms with Crippen LogP contribution < -0.4 is 15.0 Å². The number of anilines is 3. The molecule has 2 aromatic carbocycles. The van der Waals surface area contributed by atoms with Gasteiger partial charge in [0.15, 0.2) is 5.82 Å². The number of hydrogen-bond donors (Lipinski definition) is 3. The predicted octanol–water partition coefficient (Wildman–Crippen LogP) is 5.62. The largest absolute Gasteiger partial charge is 0.509 e. The van der Waals surface area contributed by atoms with Crippen molar-refractivity contribution in [1.29, 1.82) is 0 Å². The van der Waals surface area contributed by atoms with Crippen LogP contribution >= 0.6 is 0 Å². The van der Waals surface area contributed by atoms with Crippen molar-refractivity contribution >= 4 is 39.6 Å². The van der Waals surface area contributed by atoms with Gasteiger partial charge in [-0.1, -0.05) is 6.92 Å². The summed E-state index contributed by atoms with van der Waals surface area (Å²) < 4.78 is 9.96. The van der Waals surface area contributed by atoms with Crippen molar-refractivity contribution in [2.24, 2.45) is 7.05 Å². The fourth-order valence-corrected chi connectivity index (χ4v) is 5.92. The SMILES string of the molecule is CCC1CN(c2ccn3ncnc(Nc4ccc(Oc5ccc6c(c5)ncn6C)c(C)c4)c23)CC(C)N1C(=O)/C(O)=C(/C)O. The van der Waals surface area contributed by atoms with Gasteiger partial charge >= 0.3 is 0 Å². The van der Waals surface area contributed by atoms with Crippen LogP contribution in [-0.4, -0.2) is 70.3 Å². The number of fused-ring (bicyclic) bond motifs is 2. The highest BCUT2D eigenvalue weighted by Gasteiger charge is 2.37. The number of nitrogens with one attached hydrogen (secondary N) is 1. The quantitative estimate of drug-likeness (QED) is 0.162. The van der Waals surface area contributed by atoms with Gasteiger partial charge in [-0.05, 0) is 69.2 Å². The Hall–Kier alpha value is -5.26. The van der Waals surface area contributed by atoms with E-state index in [2.05, 4.69) is 25.3 Å². The molecule has 12 heteroatoms. The highest BCUT2D eigenvalue weighted by Crippen LogP contribution is 2.34. The molecule has 228 valence electrons. The number of rotatable bonds is 7.